The van der Waals surface area contributed by atoms with Crippen LogP contribution in [0.5, 0.6) is 0 Å². The van der Waals surface area contributed by atoms with Crippen molar-refractivity contribution in [3.8, 4) is 0 Å². The molecule has 4 N–H and O–H groups in total. The number of alkyl halides is 7. The van der Waals surface area contributed by atoms with Crippen LogP contribution < -0.4 is 5.73 Å². The average Bonchev–Trinajstić information content (AvgIpc) is 3.21. The van der Waals surface area contributed by atoms with Crippen LogP contribution in [0, 0.1) is 0 Å². The first kappa shape index (κ1) is 28.2. The van der Waals surface area contributed by atoms with E-state index in [1.807, 2.05) is 0 Å². The number of carboxylic acids is 2. The lowest BCUT2D eigenvalue weighted by Gasteiger charge is -2.08. The number of rotatable bonds is 3. The SMILES string of the molecule is Nc1ncc(C(F)(F)F)cc1C(=O)O.O=C(O)c1cc(C(F)(F)F)cn2ccnc12.O=CCCl. The number of halogens is 7. The topological polar surface area (TPSA) is 148 Å². The van der Waals surface area contributed by atoms with Crippen molar-refractivity contribution in [2.45, 2.75) is 12.4 Å². The molecule has 0 aliphatic rings. The van der Waals surface area contributed by atoms with Gasteiger partial charge in [-0.15, -0.1) is 11.6 Å². The van der Waals surface area contributed by atoms with Crippen molar-refractivity contribution >= 4 is 41.3 Å². The normalized spacial score (nSPS) is 11.0. The standard InChI is InChI=1S/C9H5F3N2O2.C7H5F3N2O2.C2H3ClO/c10-9(11,12)5-3-6(8(15)16)7-13-1-2-14(7)4-5;8-7(9,10)3-1-4(6(13)14)5(11)12-2-3;3-1-2-4/h1-4H,(H,15,16);1-2H,(H2,11,12)(H,13,14);2H,1H2. The lowest BCUT2D eigenvalue weighted by atomic mass is 10.2. The number of carboxylic acid groups (broad SMARTS) is 2. The first-order valence-corrected chi connectivity index (χ1v) is 8.99. The maximum absolute atomic E-state index is 12.4. The molecule has 0 bridgehead atoms. The maximum Gasteiger partial charge on any atom is 0.417 e. The number of fused-ring (bicyclic) bond motifs is 1. The average molecular weight is 515 g/mol. The van der Waals surface area contributed by atoms with E-state index in [0.29, 0.717) is 24.6 Å². The monoisotopic (exact) mass is 514 g/mol. The molecule has 0 aliphatic heterocycles. The molecule has 0 spiro atoms. The number of anilines is 1. The van der Waals surface area contributed by atoms with E-state index in [1.165, 1.54) is 12.4 Å². The van der Waals surface area contributed by atoms with Gasteiger partial charge in [-0.25, -0.2) is 19.6 Å². The van der Waals surface area contributed by atoms with Gasteiger partial charge in [0, 0.05) is 24.8 Å². The first-order valence-electron chi connectivity index (χ1n) is 8.46. The van der Waals surface area contributed by atoms with Crippen LogP contribution >= 0.6 is 11.6 Å². The van der Waals surface area contributed by atoms with E-state index in [9.17, 15) is 35.9 Å². The number of carbonyl (C=O) groups is 3. The summed E-state index contributed by atoms with van der Waals surface area (Å²) in [6.45, 7) is 0. The van der Waals surface area contributed by atoms with Gasteiger partial charge in [0.25, 0.3) is 0 Å². The highest BCUT2D eigenvalue weighted by Crippen LogP contribution is 2.31. The molecular weight excluding hydrogens is 502 g/mol. The van der Waals surface area contributed by atoms with Crippen molar-refractivity contribution in [1.29, 1.82) is 0 Å². The van der Waals surface area contributed by atoms with E-state index < -0.39 is 52.4 Å². The molecule has 3 heterocycles. The van der Waals surface area contributed by atoms with Gasteiger partial charge in [-0.3, -0.25) is 0 Å². The van der Waals surface area contributed by atoms with E-state index >= 15 is 0 Å². The Morgan fingerprint density at radius 2 is 1.50 bits per heavy atom. The van der Waals surface area contributed by atoms with E-state index in [4.69, 9.17) is 32.3 Å². The molecule has 16 heteroatoms. The minimum atomic E-state index is -4.62. The van der Waals surface area contributed by atoms with Crippen molar-refractivity contribution in [1.82, 2.24) is 14.4 Å². The van der Waals surface area contributed by atoms with Crippen LogP contribution in [0.2, 0.25) is 0 Å². The van der Waals surface area contributed by atoms with Gasteiger partial charge in [0.15, 0.2) is 5.65 Å². The highest BCUT2D eigenvalue weighted by atomic mass is 35.5. The van der Waals surface area contributed by atoms with Gasteiger partial charge >= 0.3 is 24.3 Å². The Kier molecular flexibility index (Phi) is 9.37. The molecule has 184 valence electrons. The highest BCUT2D eigenvalue weighted by Gasteiger charge is 2.33. The van der Waals surface area contributed by atoms with E-state index in [0.717, 1.165) is 10.6 Å². The van der Waals surface area contributed by atoms with Gasteiger partial charge in [-0.05, 0) is 12.1 Å². The Balaban J connectivity index is 0.000000297. The molecule has 34 heavy (non-hydrogen) atoms. The van der Waals surface area contributed by atoms with Crippen LogP contribution in [-0.4, -0.2) is 48.7 Å². The summed E-state index contributed by atoms with van der Waals surface area (Å²) in [7, 11) is 0. The van der Waals surface area contributed by atoms with Gasteiger partial charge in [0.1, 0.15) is 23.2 Å². The molecule has 0 aliphatic carbocycles. The number of aldehydes is 1. The lowest BCUT2D eigenvalue weighted by Crippen LogP contribution is -2.11. The number of carbonyl (C=O) groups excluding carboxylic acids is 1. The zero-order valence-corrected chi connectivity index (χ0v) is 17.2. The zero-order valence-electron chi connectivity index (χ0n) is 16.4. The predicted octanol–water partition coefficient (Wildman–Crippen LogP) is 3.86. The third-order valence-corrected chi connectivity index (χ3v) is 3.71. The smallest absolute Gasteiger partial charge is 0.417 e. The third-order valence-electron chi connectivity index (χ3n) is 3.58. The number of pyridine rings is 2. The summed E-state index contributed by atoms with van der Waals surface area (Å²) in [5, 5.41) is 17.2. The fourth-order valence-corrected chi connectivity index (χ4v) is 2.15. The Hall–Kier alpha value is -3.88. The van der Waals surface area contributed by atoms with Gasteiger partial charge in [-0.2, -0.15) is 26.3 Å². The summed E-state index contributed by atoms with van der Waals surface area (Å²) in [4.78, 5) is 37.0. The molecule has 3 aromatic rings. The number of hydrogen-bond acceptors (Lipinski definition) is 6. The Morgan fingerprint density at radius 3 is 1.94 bits per heavy atom. The second kappa shape index (κ2) is 11.3. The highest BCUT2D eigenvalue weighted by molar-refractivity contribution is 6.24. The molecule has 3 aromatic heterocycles. The van der Waals surface area contributed by atoms with Gasteiger partial charge in [0.05, 0.1) is 17.0 Å². The first-order chi connectivity index (χ1) is 15.6. The largest absolute Gasteiger partial charge is 0.478 e. The predicted molar refractivity (Wildman–Crippen MR) is 105 cm³/mol. The molecule has 0 saturated heterocycles. The quantitative estimate of drug-likeness (QED) is 0.271. The van der Waals surface area contributed by atoms with Gasteiger partial charge < -0.3 is 25.1 Å². The molecule has 0 fully saturated rings. The lowest BCUT2D eigenvalue weighted by molar-refractivity contribution is -0.138. The summed E-state index contributed by atoms with van der Waals surface area (Å²) in [5.41, 5.74) is 1.78. The van der Waals surface area contributed by atoms with E-state index in [-0.39, 0.29) is 11.5 Å². The van der Waals surface area contributed by atoms with Crippen LogP contribution in [0.3, 0.4) is 0 Å². The Bertz CT molecular complexity index is 1180. The van der Waals surface area contributed by atoms with Gasteiger partial charge in [-0.1, -0.05) is 0 Å². The van der Waals surface area contributed by atoms with E-state index in [1.54, 1.807) is 0 Å². The fraction of sp³-hybridized carbons (Fsp3) is 0.167. The van der Waals surface area contributed by atoms with Crippen molar-refractivity contribution in [3.63, 3.8) is 0 Å². The maximum atomic E-state index is 12.4. The number of hydrogen-bond donors (Lipinski definition) is 3. The second-order valence-corrected chi connectivity index (χ2v) is 6.19. The molecule has 0 aromatic carbocycles. The number of nitrogens with two attached hydrogens (primary N) is 1. The summed E-state index contributed by atoms with van der Waals surface area (Å²) in [6, 6.07) is 1.02. The molecule has 0 saturated carbocycles. The van der Waals surface area contributed by atoms with E-state index in [2.05, 4.69) is 9.97 Å². The molecule has 9 nitrogen and oxygen atoms in total. The van der Waals surface area contributed by atoms with Crippen molar-refractivity contribution in [3.05, 3.63) is 59.2 Å². The summed E-state index contributed by atoms with van der Waals surface area (Å²) in [6.07, 6.45) is -4.77. The van der Waals surface area contributed by atoms with Crippen molar-refractivity contribution in [2.24, 2.45) is 0 Å². The van der Waals surface area contributed by atoms with Crippen LogP contribution in [0.1, 0.15) is 31.8 Å². The molecule has 0 atom stereocenters. The van der Waals surface area contributed by atoms with Crippen LogP contribution in [-0.2, 0) is 17.1 Å². The second-order valence-electron chi connectivity index (χ2n) is 5.88. The minimum absolute atomic E-state index is 0.0134. The van der Waals surface area contributed by atoms with Gasteiger partial charge in [0.2, 0.25) is 0 Å². The Labute approximate surface area is 190 Å². The fourth-order valence-electron chi connectivity index (χ4n) is 2.15. The van der Waals surface area contributed by atoms with Crippen molar-refractivity contribution < 1.29 is 50.9 Å². The summed E-state index contributed by atoms with van der Waals surface area (Å²) < 4.78 is 74.6. The van der Waals surface area contributed by atoms with Crippen LogP contribution in [0.25, 0.3) is 5.65 Å². The number of aromatic nitrogens is 3. The summed E-state index contributed by atoms with van der Waals surface area (Å²) >= 11 is 4.82. The molecule has 0 amide bonds. The molecular formula is C18H13ClF6N4O5. The number of nitrogens with zero attached hydrogens (tertiary/aromatic N) is 3. The molecule has 3 rings (SSSR count). The minimum Gasteiger partial charge on any atom is -0.478 e. The van der Waals surface area contributed by atoms with Crippen molar-refractivity contribution in [2.75, 3.05) is 11.6 Å². The summed E-state index contributed by atoms with van der Waals surface area (Å²) in [5.74, 6) is -3.31. The zero-order chi connectivity index (χ0) is 26.3. The third kappa shape index (κ3) is 7.61. The van der Waals surface area contributed by atoms with Crippen LogP contribution in [0.15, 0.2) is 36.9 Å². The molecule has 0 unspecified atom stereocenters. The number of aromatic carboxylic acids is 2. The number of imidazole rings is 1. The molecule has 0 radical (unpaired) electrons. The number of nitrogen functional groups attached to an aromatic ring is 1. The van der Waals surface area contributed by atoms with Crippen LogP contribution in [0.4, 0.5) is 32.2 Å². The Morgan fingerprint density at radius 1 is 1.00 bits per heavy atom.